The van der Waals surface area contributed by atoms with E-state index < -0.39 is 10.0 Å². The predicted octanol–water partition coefficient (Wildman–Crippen LogP) is 1.31. The summed E-state index contributed by atoms with van der Waals surface area (Å²) in [6, 6.07) is 4.99. The molecule has 0 saturated carbocycles. The minimum absolute atomic E-state index is 0. The van der Waals surface area contributed by atoms with Gasteiger partial charge in [0, 0.05) is 38.2 Å². The van der Waals surface area contributed by atoms with E-state index in [0.717, 1.165) is 37.2 Å². The van der Waals surface area contributed by atoms with Crippen LogP contribution in [0.15, 0.2) is 23.1 Å². The SMILES string of the molecule is COCC1(CNS(=O)(=O)c2ccc3c(c2)CCN3C(C)=O)CCNCC1.Cl. The van der Waals surface area contributed by atoms with Crippen molar-refractivity contribution in [3.8, 4) is 0 Å². The average molecular weight is 418 g/mol. The Bertz CT molecular complexity index is 773. The fraction of sp³-hybridized carbons (Fsp3) is 0.611. The zero-order valence-electron chi connectivity index (χ0n) is 15.8. The maximum atomic E-state index is 12.8. The van der Waals surface area contributed by atoms with Gasteiger partial charge in [-0.1, -0.05) is 0 Å². The van der Waals surface area contributed by atoms with Crippen LogP contribution in [-0.4, -0.2) is 54.2 Å². The third-order valence-electron chi connectivity index (χ3n) is 5.39. The summed E-state index contributed by atoms with van der Waals surface area (Å²) in [5.41, 5.74) is 1.54. The van der Waals surface area contributed by atoms with Gasteiger partial charge in [0.05, 0.1) is 11.5 Å². The van der Waals surface area contributed by atoms with Crippen molar-refractivity contribution >= 4 is 34.0 Å². The molecule has 1 aromatic carbocycles. The van der Waals surface area contributed by atoms with Crippen molar-refractivity contribution in [1.82, 2.24) is 10.0 Å². The lowest BCUT2D eigenvalue weighted by Crippen LogP contribution is -2.47. The third kappa shape index (κ3) is 4.81. The highest BCUT2D eigenvalue weighted by Crippen LogP contribution is 2.31. The van der Waals surface area contributed by atoms with Gasteiger partial charge >= 0.3 is 0 Å². The highest BCUT2D eigenvalue weighted by atomic mass is 35.5. The maximum absolute atomic E-state index is 12.8. The number of hydrogen-bond acceptors (Lipinski definition) is 5. The van der Waals surface area contributed by atoms with E-state index in [2.05, 4.69) is 10.0 Å². The first-order chi connectivity index (χ1) is 12.4. The number of nitrogens with one attached hydrogen (secondary N) is 2. The first-order valence-corrected chi connectivity index (χ1v) is 10.5. The minimum atomic E-state index is -3.60. The Labute approximate surface area is 167 Å². The molecule has 0 unspecified atom stereocenters. The van der Waals surface area contributed by atoms with Gasteiger partial charge in [-0.15, -0.1) is 12.4 Å². The molecule has 0 aliphatic carbocycles. The topological polar surface area (TPSA) is 87.7 Å². The van der Waals surface area contributed by atoms with Crippen LogP contribution >= 0.6 is 12.4 Å². The zero-order chi connectivity index (χ0) is 18.8. The molecule has 152 valence electrons. The van der Waals surface area contributed by atoms with E-state index in [9.17, 15) is 13.2 Å². The summed E-state index contributed by atoms with van der Waals surface area (Å²) in [5, 5.41) is 3.30. The molecule has 27 heavy (non-hydrogen) atoms. The summed E-state index contributed by atoms with van der Waals surface area (Å²) in [7, 11) is -1.95. The summed E-state index contributed by atoms with van der Waals surface area (Å²) < 4.78 is 33.7. The number of halogens is 1. The number of carbonyl (C=O) groups is 1. The Morgan fingerprint density at radius 2 is 2.04 bits per heavy atom. The number of piperidine rings is 1. The van der Waals surface area contributed by atoms with Crippen LogP contribution in [0, 0.1) is 5.41 Å². The van der Waals surface area contributed by atoms with Gasteiger partial charge < -0.3 is 15.0 Å². The molecule has 1 saturated heterocycles. The number of benzene rings is 1. The van der Waals surface area contributed by atoms with Crippen molar-refractivity contribution in [2.45, 2.75) is 31.1 Å². The van der Waals surface area contributed by atoms with Crippen LogP contribution in [0.2, 0.25) is 0 Å². The summed E-state index contributed by atoms with van der Waals surface area (Å²) >= 11 is 0. The van der Waals surface area contributed by atoms with Gasteiger partial charge in [0.15, 0.2) is 0 Å². The molecule has 2 aliphatic rings. The summed E-state index contributed by atoms with van der Waals surface area (Å²) in [6.45, 7) is 4.76. The van der Waals surface area contributed by atoms with E-state index in [4.69, 9.17) is 4.74 Å². The molecule has 7 nitrogen and oxygen atoms in total. The number of methoxy groups -OCH3 is 1. The monoisotopic (exact) mass is 417 g/mol. The molecule has 2 heterocycles. The smallest absolute Gasteiger partial charge is 0.240 e. The summed E-state index contributed by atoms with van der Waals surface area (Å²) in [6.07, 6.45) is 2.43. The van der Waals surface area contributed by atoms with Gasteiger partial charge in [-0.3, -0.25) is 4.79 Å². The number of hydrogen-bond donors (Lipinski definition) is 2. The van der Waals surface area contributed by atoms with Crippen LogP contribution in [0.5, 0.6) is 0 Å². The molecule has 1 fully saturated rings. The Morgan fingerprint density at radius 1 is 1.33 bits per heavy atom. The van der Waals surface area contributed by atoms with E-state index in [1.165, 1.54) is 6.92 Å². The molecule has 0 atom stereocenters. The van der Waals surface area contributed by atoms with Crippen LogP contribution in [0.4, 0.5) is 5.69 Å². The number of rotatable bonds is 6. The second kappa shape index (κ2) is 8.87. The lowest BCUT2D eigenvalue weighted by Gasteiger charge is -2.37. The van der Waals surface area contributed by atoms with Crippen molar-refractivity contribution in [3.05, 3.63) is 23.8 Å². The van der Waals surface area contributed by atoms with Crippen molar-refractivity contribution < 1.29 is 17.9 Å². The Kier molecular flexibility index (Phi) is 7.27. The number of carbonyl (C=O) groups excluding carboxylic acids is 1. The van der Waals surface area contributed by atoms with E-state index in [1.807, 2.05) is 0 Å². The fourth-order valence-corrected chi connectivity index (χ4v) is 5.05. The normalized spacial score (nSPS) is 18.7. The van der Waals surface area contributed by atoms with Crippen LogP contribution in [0.25, 0.3) is 0 Å². The fourth-order valence-electron chi connectivity index (χ4n) is 3.84. The maximum Gasteiger partial charge on any atom is 0.240 e. The van der Waals surface area contributed by atoms with Gasteiger partial charge in [0.2, 0.25) is 15.9 Å². The Hall–Kier alpha value is -1.19. The molecule has 0 spiro atoms. The van der Waals surface area contributed by atoms with Gasteiger partial charge in [0.25, 0.3) is 0 Å². The van der Waals surface area contributed by atoms with E-state index >= 15 is 0 Å². The highest BCUT2D eigenvalue weighted by Gasteiger charge is 2.34. The highest BCUT2D eigenvalue weighted by molar-refractivity contribution is 7.89. The van der Waals surface area contributed by atoms with Crippen LogP contribution in [0.3, 0.4) is 0 Å². The second-order valence-corrected chi connectivity index (χ2v) is 8.99. The molecule has 0 radical (unpaired) electrons. The molecule has 1 aromatic rings. The van der Waals surface area contributed by atoms with Crippen molar-refractivity contribution in [1.29, 1.82) is 0 Å². The summed E-state index contributed by atoms with van der Waals surface area (Å²) in [5.74, 6) is -0.0232. The molecule has 1 amide bonds. The van der Waals surface area contributed by atoms with Crippen molar-refractivity contribution in [3.63, 3.8) is 0 Å². The number of sulfonamides is 1. The zero-order valence-corrected chi connectivity index (χ0v) is 17.4. The van der Waals surface area contributed by atoms with Gasteiger partial charge in [-0.05, 0) is 56.1 Å². The third-order valence-corrected chi connectivity index (χ3v) is 6.79. The first kappa shape index (κ1) is 22.1. The van der Waals surface area contributed by atoms with Gasteiger partial charge in [-0.2, -0.15) is 0 Å². The molecule has 3 rings (SSSR count). The number of ether oxygens (including phenoxy) is 1. The van der Waals surface area contributed by atoms with Crippen LogP contribution in [0.1, 0.15) is 25.3 Å². The Morgan fingerprint density at radius 3 is 2.67 bits per heavy atom. The van der Waals surface area contributed by atoms with Crippen molar-refractivity contribution in [2.75, 3.05) is 44.8 Å². The molecular formula is C18H28ClN3O4S. The van der Waals surface area contributed by atoms with E-state index in [0.29, 0.717) is 26.1 Å². The molecule has 9 heteroatoms. The molecule has 2 aliphatic heterocycles. The minimum Gasteiger partial charge on any atom is -0.384 e. The lowest BCUT2D eigenvalue weighted by molar-refractivity contribution is -0.116. The number of fused-ring (bicyclic) bond motifs is 1. The van der Waals surface area contributed by atoms with Gasteiger partial charge in [-0.25, -0.2) is 13.1 Å². The summed E-state index contributed by atoms with van der Waals surface area (Å²) in [4.78, 5) is 13.6. The van der Waals surface area contributed by atoms with Crippen molar-refractivity contribution in [2.24, 2.45) is 5.41 Å². The van der Waals surface area contributed by atoms with E-state index in [1.54, 1.807) is 30.2 Å². The number of nitrogens with zero attached hydrogens (tertiary/aromatic N) is 1. The number of amides is 1. The molecular weight excluding hydrogens is 390 g/mol. The molecule has 0 aromatic heterocycles. The van der Waals surface area contributed by atoms with Gasteiger partial charge in [0.1, 0.15) is 0 Å². The van der Waals surface area contributed by atoms with E-state index in [-0.39, 0.29) is 28.6 Å². The predicted molar refractivity (Wildman–Crippen MR) is 107 cm³/mol. The van der Waals surface area contributed by atoms with Crippen LogP contribution in [-0.2, 0) is 26.0 Å². The molecule has 2 N–H and O–H groups in total. The number of anilines is 1. The molecule has 0 bridgehead atoms. The standard InChI is InChI=1S/C18H27N3O4S.ClH/c1-14(22)21-10-5-15-11-16(3-4-17(15)21)26(23,24)20-12-18(13-25-2)6-8-19-9-7-18;/h3-4,11,19-20H,5-10,12-13H2,1-2H3;1H. The average Bonchev–Trinajstić information content (AvgIpc) is 3.05. The Balaban J connectivity index is 0.00000261. The lowest BCUT2D eigenvalue weighted by atomic mass is 9.80. The van der Waals surface area contributed by atoms with Crippen LogP contribution < -0.4 is 14.9 Å². The quantitative estimate of drug-likeness (QED) is 0.728. The second-order valence-electron chi connectivity index (χ2n) is 7.22. The first-order valence-electron chi connectivity index (χ1n) is 8.97. The largest absolute Gasteiger partial charge is 0.384 e.